The Bertz CT molecular complexity index is 551. The molecular weight excluding hydrogens is 254 g/mol. The van der Waals surface area contributed by atoms with E-state index in [1.165, 1.54) is 23.1 Å². The first kappa shape index (κ1) is 12.5. The first-order valence-corrected chi connectivity index (χ1v) is 5.72. The Kier molecular flexibility index (Phi) is 3.58. The van der Waals surface area contributed by atoms with Crippen molar-refractivity contribution in [2.24, 2.45) is 0 Å². The van der Waals surface area contributed by atoms with Gasteiger partial charge >= 0.3 is 0 Å². The van der Waals surface area contributed by atoms with Crippen LogP contribution >= 0.6 is 11.6 Å². The van der Waals surface area contributed by atoms with Crippen LogP contribution in [0.5, 0.6) is 5.75 Å². The Hall–Kier alpha value is -1.94. The zero-order valence-corrected chi connectivity index (χ0v) is 10.5. The van der Waals surface area contributed by atoms with E-state index in [-0.39, 0.29) is 17.2 Å². The number of nitrogens with zero attached hydrogens (tertiary/aromatic N) is 1. The third-order valence-electron chi connectivity index (χ3n) is 2.50. The number of benzene rings is 1. The van der Waals surface area contributed by atoms with Crippen molar-refractivity contribution < 1.29 is 14.3 Å². The molecule has 4 nitrogen and oxygen atoms in total. The van der Waals surface area contributed by atoms with Crippen molar-refractivity contribution in [1.82, 2.24) is 4.90 Å². The summed E-state index contributed by atoms with van der Waals surface area (Å²) >= 11 is 5.93. The number of phenolic OH excluding ortho intramolecular Hbond substituents is 1. The van der Waals surface area contributed by atoms with Crippen LogP contribution in [0.3, 0.4) is 0 Å². The van der Waals surface area contributed by atoms with Crippen molar-refractivity contribution in [3.63, 3.8) is 0 Å². The molecule has 1 aromatic heterocycles. The minimum atomic E-state index is -0.271. The van der Waals surface area contributed by atoms with E-state index in [2.05, 4.69) is 0 Å². The maximum absolute atomic E-state index is 12.1. The topological polar surface area (TPSA) is 53.7 Å². The summed E-state index contributed by atoms with van der Waals surface area (Å²) in [5, 5.41) is 9.69. The average Bonchev–Trinajstić information content (AvgIpc) is 2.84. The lowest BCUT2D eigenvalue weighted by Crippen LogP contribution is -2.26. The monoisotopic (exact) mass is 265 g/mol. The lowest BCUT2D eigenvalue weighted by atomic mass is 10.2. The summed E-state index contributed by atoms with van der Waals surface area (Å²) in [7, 11) is 1.64. The lowest BCUT2D eigenvalue weighted by molar-refractivity contribution is 0.0775. The highest BCUT2D eigenvalue weighted by Crippen LogP contribution is 2.22. The Morgan fingerprint density at radius 3 is 2.89 bits per heavy atom. The van der Waals surface area contributed by atoms with E-state index in [1.54, 1.807) is 25.4 Å². The fraction of sp³-hybridized carbons (Fsp3) is 0.154. The van der Waals surface area contributed by atoms with Crippen LogP contribution in [-0.4, -0.2) is 23.0 Å². The van der Waals surface area contributed by atoms with Crippen molar-refractivity contribution >= 4 is 17.5 Å². The van der Waals surface area contributed by atoms with E-state index < -0.39 is 0 Å². The van der Waals surface area contributed by atoms with Crippen LogP contribution in [0, 0.1) is 0 Å². The Balaban J connectivity index is 2.17. The van der Waals surface area contributed by atoms with Gasteiger partial charge in [-0.2, -0.15) is 0 Å². The summed E-state index contributed by atoms with van der Waals surface area (Å²) in [6.07, 6.45) is 1.55. The molecule has 0 aliphatic rings. The molecule has 0 radical (unpaired) electrons. The van der Waals surface area contributed by atoms with Gasteiger partial charge in [-0.25, -0.2) is 0 Å². The zero-order chi connectivity index (χ0) is 13.1. The summed E-state index contributed by atoms with van der Waals surface area (Å²) in [5.41, 5.74) is 0.269. The van der Waals surface area contributed by atoms with Crippen LogP contribution in [0.4, 0.5) is 0 Å². The van der Waals surface area contributed by atoms with Crippen LogP contribution in [0.1, 0.15) is 16.1 Å². The molecule has 0 fully saturated rings. The highest BCUT2D eigenvalue weighted by molar-refractivity contribution is 6.33. The molecule has 1 aromatic carbocycles. The summed E-state index contributed by atoms with van der Waals surface area (Å²) in [6, 6.07) is 7.82. The molecule has 94 valence electrons. The number of hydrogen-bond donors (Lipinski definition) is 1. The van der Waals surface area contributed by atoms with E-state index in [1.807, 2.05) is 0 Å². The largest absolute Gasteiger partial charge is 0.508 e. The summed E-state index contributed by atoms with van der Waals surface area (Å²) < 4.78 is 5.17. The number of hydrogen-bond acceptors (Lipinski definition) is 3. The van der Waals surface area contributed by atoms with Gasteiger partial charge in [-0.15, -0.1) is 0 Å². The van der Waals surface area contributed by atoms with Gasteiger partial charge in [-0.3, -0.25) is 4.79 Å². The highest BCUT2D eigenvalue weighted by Gasteiger charge is 2.16. The van der Waals surface area contributed by atoms with Crippen LogP contribution < -0.4 is 0 Å². The van der Waals surface area contributed by atoms with Crippen LogP contribution in [0.15, 0.2) is 41.0 Å². The number of carbonyl (C=O) groups is 1. The lowest BCUT2D eigenvalue weighted by Gasteiger charge is -2.16. The second-order valence-corrected chi connectivity index (χ2v) is 4.31. The molecular formula is C13H12ClNO3. The van der Waals surface area contributed by atoms with E-state index in [9.17, 15) is 9.90 Å². The van der Waals surface area contributed by atoms with E-state index in [0.717, 1.165) is 0 Å². The number of phenols is 1. The molecule has 0 atom stereocenters. The van der Waals surface area contributed by atoms with Crippen LogP contribution in [-0.2, 0) is 6.54 Å². The average molecular weight is 266 g/mol. The molecule has 5 heteroatoms. The number of rotatable bonds is 3. The highest BCUT2D eigenvalue weighted by atomic mass is 35.5. The van der Waals surface area contributed by atoms with E-state index in [4.69, 9.17) is 16.0 Å². The number of aromatic hydroxyl groups is 1. The molecule has 0 spiro atoms. The number of furan rings is 1. The van der Waals surface area contributed by atoms with Gasteiger partial charge in [0.25, 0.3) is 5.91 Å². The smallest absolute Gasteiger partial charge is 0.255 e. The normalized spacial score (nSPS) is 10.3. The van der Waals surface area contributed by atoms with Crippen LogP contribution in [0.25, 0.3) is 0 Å². The van der Waals surface area contributed by atoms with Gasteiger partial charge < -0.3 is 14.4 Å². The van der Waals surface area contributed by atoms with Crippen LogP contribution in [0.2, 0.25) is 5.02 Å². The SMILES string of the molecule is CN(Cc1ccco1)C(=O)c1cc(O)ccc1Cl. The summed E-state index contributed by atoms with van der Waals surface area (Å²) in [4.78, 5) is 13.6. The second kappa shape index (κ2) is 5.14. The quantitative estimate of drug-likeness (QED) is 0.928. The van der Waals surface area contributed by atoms with Crippen molar-refractivity contribution in [2.45, 2.75) is 6.54 Å². The van der Waals surface area contributed by atoms with E-state index in [0.29, 0.717) is 17.3 Å². The molecule has 1 heterocycles. The summed E-state index contributed by atoms with van der Waals surface area (Å²) in [5.74, 6) is 0.420. The van der Waals surface area contributed by atoms with Gasteiger partial charge in [0.2, 0.25) is 0 Å². The maximum Gasteiger partial charge on any atom is 0.255 e. The summed E-state index contributed by atoms with van der Waals surface area (Å²) in [6.45, 7) is 0.345. The fourth-order valence-electron chi connectivity index (χ4n) is 1.59. The van der Waals surface area contributed by atoms with Gasteiger partial charge in [0.15, 0.2) is 0 Å². The first-order valence-electron chi connectivity index (χ1n) is 5.34. The van der Waals surface area contributed by atoms with E-state index >= 15 is 0 Å². The predicted molar refractivity (Wildman–Crippen MR) is 67.6 cm³/mol. The zero-order valence-electron chi connectivity index (χ0n) is 9.76. The van der Waals surface area contributed by atoms with Gasteiger partial charge in [-0.1, -0.05) is 11.6 Å². The molecule has 1 amide bonds. The molecule has 2 rings (SSSR count). The molecule has 2 aromatic rings. The van der Waals surface area contributed by atoms with Crippen molar-refractivity contribution in [1.29, 1.82) is 0 Å². The second-order valence-electron chi connectivity index (χ2n) is 3.90. The molecule has 0 saturated carbocycles. The van der Waals surface area contributed by atoms with Crippen molar-refractivity contribution in [3.05, 3.63) is 52.9 Å². The molecule has 0 saturated heterocycles. The standard InChI is InChI=1S/C13H12ClNO3/c1-15(8-10-3-2-6-18-10)13(17)11-7-9(16)4-5-12(11)14/h2-7,16H,8H2,1H3. The predicted octanol–water partition coefficient (Wildman–Crippen LogP) is 2.91. The molecule has 0 bridgehead atoms. The first-order chi connectivity index (χ1) is 8.58. The van der Waals surface area contributed by atoms with Gasteiger partial charge in [0.05, 0.1) is 23.4 Å². The molecule has 1 N–H and O–H groups in total. The maximum atomic E-state index is 12.1. The number of carbonyl (C=O) groups excluding carboxylic acids is 1. The van der Waals surface area contributed by atoms with Crippen molar-refractivity contribution in [3.8, 4) is 5.75 Å². The Labute approximate surface area is 109 Å². The number of amides is 1. The van der Waals surface area contributed by atoms with Gasteiger partial charge in [0, 0.05) is 7.05 Å². The molecule has 0 aliphatic heterocycles. The Morgan fingerprint density at radius 1 is 1.44 bits per heavy atom. The molecule has 0 aliphatic carbocycles. The minimum Gasteiger partial charge on any atom is -0.508 e. The molecule has 18 heavy (non-hydrogen) atoms. The van der Waals surface area contributed by atoms with Crippen molar-refractivity contribution in [2.75, 3.05) is 7.05 Å². The number of halogens is 1. The molecule has 0 unspecified atom stereocenters. The van der Waals surface area contributed by atoms with Gasteiger partial charge in [0.1, 0.15) is 11.5 Å². The van der Waals surface area contributed by atoms with Gasteiger partial charge in [-0.05, 0) is 30.3 Å². The fourth-order valence-corrected chi connectivity index (χ4v) is 1.79. The minimum absolute atomic E-state index is 0.00847. The Morgan fingerprint density at radius 2 is 2.22 bits per heavy atom. The third kappa shape index (κ3) is 2.65. The third-order valence-corrected chi connectivity index (χ3v) is 2.83.